The molecule has 8 aromatic heterocycles. The first-order valence-electron chi connectivity index (χ1n) is 18.5. The Balaban J connectivity index is 0.000000139. The lowest BCUT2D eigenvalue weighted by molar-refractivity contribution is 0.255. The predicted octanol–water partition coefficient (Wildman–Crippen LogP) is 3.13. The summed E-state index contributed by atoms with van der Waals surface area (Å²) in [7, 11) is 3.84. The summed E-state index contributed by atoms with van der Waals surface area (Å²) in [5, 5.41) is 36.6. The fourth-order valence-corrected chi connectivity index (χ4v) is 6.84. The van der Waals surface area contributed by atoms with Crippen LogP contribution >= 0.6 is 11.6 Å². The molecule has 10 rings (SSSR count). The van der Waals surface area contributed by atoms with E-state index in [4.69, 9.17) is 21.7 Å². The first-order valence-corrected chi connectivity index (χ1v) is 18.9. The van der Waals surface area contributed by atoms with Gasteiger partial charge in [0.05, 0.1) is 44.3 Å². The normalized spacial score (nSPS) is 16.5. The minimum absolute atomic E-state index is 0.0595. The molecule has 0 saturated carbocycles. The Morgan fingerprint density at radius 1 is 0.737 bits per heavy atom. The topological polar surface area (TPSA) is 211 Å². The molecule has 0 amide bonds. The number of hydrogen-bond donors (Lipinski definition) is 5. The van der Waals surface area contributed by atoms with E-state index in [2.05, 4.69) is 56.0 Å². The van der Waals surface area contributed by atoms with Crippen molar-refractivity contribution in [2.45, 2.75) is 37.8 Å². The number of anilines is 5. The third-order valence-electron chi connectivity index (χ3n) is 9.54. The smallest absolute Gasteiger partial charge is 0.245 e. The predicted molar refractivity (Wildman–Crippen MR) is 214 cm³/mol. The fourth-order valence-electron chi connectivity index (χ4n) is 6.67. The molecule has 2 aliphatic rings. The van der Waals surface area contributed by atoms with Crippen molar-refractivity contribution in [3.63, 3.8) is 0 Å². The number of fused-ring (bicyclic) bond motifs is 2. The third kappa shape index (κ3) is 8.58. The first-order chi connectivity index (χ1) is 27.8. The molecule has 2 atom stereocenters. The molecular weight excluding hydrogens is 752 g/mol. The van der Waals surface area contributed by atoms with Crippen molar-refractivity contribution in [2.24, 2.45) is 14.1 Å². The van der Waals surface area contributed by atoms with Gasteiger partial charge < -0.3 is 40.2 Å². The van der Waals surface area contributed by atoms with Crippen LogP contribution in [0.5, 0.6) is 0 Å². The third-order valence-corrected chi connectivity index (χ3v) is 9.70. The molecule has 296 valence electrons. The summed E-state index contributed by atoms with van der Waals surface area (Å²) in [6, 6.07) is 8.12. The molecule has 5 N–H and O–H groups in total. The van der Waals surface area contributed by atoms with Gasteiger partial charge in [-0.3, -0.25) is 9.13 Å². The Morgan fingerprint density at radius 2 is 1.35 bits per heavy atom. The summed E-state index contributed by atoms with van der Waals surface area (Å²) >= 11 is 5.93. The zero-order valence-electron chi connectivity index (χ0n) is 31.4. The van der Waals surface area contributed by atoms with Crippen LogP contribution < -0.4 is 20.9 Å². The second kappa shape index (κ2) is 16.8. The van der Waals surface area contributed by atoms with Crippen molar-refractivity contribution in [1.82, 2.24) is 72.7 Å². The number of nitrogens with one attached hydrogen (secondary N) is 3. The lowest BCUT2D eigenvalue weighted by Crippen LogP contribution is -2.34. The largest absolute Gasteiger partial charge is 0.395 e. The molecule has 57 heavy (non-hydrogen) atoms. The van der Waals surface area contributed by atoms with Gasteiger partial charge in [0.25, 0.3) is 0 Å². The highest BCUT2D eigenvalue weighted by molar-refractivity contribution is 6.28. The van der Waals surface area contributed by atoms with Gasteiger partial charge in [-0.15, -0.1) is 10.2 Å². The van der Waals surface area contributed by atoms with E-state index in [1.165, 1.54) is 6.42 Å². The molecule has 0 aliphatic carbocycles. The van der Waals surface area contributed by atoms with E-state index in [0.29, 0.717) is 41.9 Å². The van der Waals surface area contributed by atoms with E-state index in [0.717, 1.165) is 55.0 Å². The van der Waals surface area contributed by atoms with Gasteiger partial charge >= 0.3 is 0 Å². The van der Waals surface area contributed by atoms with Gasteiger partial charge in [0.1, 0.15) is 35.3 Å². The monoisotopic (exact) mass is 794 g/mol. The molecular formula is C36H43ClN18O2. The van der Waals surface area contributed by atoms with Gasteiger partial charge in [-0.05, 0) is 68.1 Å². The van der Waals surface area contributed by atoms with Crippen LogP contribution in [-0.2, 0) is 14.1 Å². The van der Waals surface area contributed by atoms with Crippen molar-refractivity contribution in [3.8, 4) is 11.6 Å². The molecule has 2 aliphatic heterocycles. The van der Waals surface area contributed by atoms with Crippen LogP contribution in [0.4, 0.5) is 29.2 Å². The second-order valence-electron chi connectivity index (χ2n) is 13.7. The van der Waals surface area contributed by atoms with E-state index < -0.39 is 0 Å². The molecule has 0 unspecified atom stereocenters. The minimum Gasteiger partial charge on any atom is -0.395 e. The molecule has 20 nitrogen and oxygen atoms in total. The van der Waals surface area contributed by atoms with Crippen LogP contribution in [0.1, 0.15) is 25.7 Å². The number of aliphatic hydroxyl groups is 2. The van der Waals surface area contributed by atoms with Crippen molar-refractivity contribution >= 4 is 51.9 Å². The second-order valence-corrected chi connectivity index (χ2v) is 14.0. The molecule has 0 radical (unpaired) electrons. The highest BCUT2D eigenvalue weighted by Gasteiger charge is 2.27. The zero-order chi connectivity index (χ0) is 39.3. The number of hydrogen-bond acceptors (Lipinski definition) is 14. The molecule has 0 aromatic carbocycles. The van der Waals surface area contributed by atoms with Crippen molar-refractivity contribution in [3.05, 3.63) is 92.0 Å². The maximum absolute atomic E-state index is 9.65. The fraction of sp³-hybridized carbons (Fsp3) is 0.333. The molecule has 21 heteroatoms. The number of aromatic nitrogens is 14. The molecule has 2 saturated heterocycles. The zero-order valence-corrected chi connectivity index (χ0v) is 32.1. The summed E-state index contributed by atoms with van der Waals surface area (Å²) in [6.45, 7) is 2.33. The summed E-state index contributed by atoms with van der Waals surface area (Å²) < 4.78 is 10.9. The highest BCUT2D eigenvalue weighted by Crippen LogP contribution is 2.27. The van der Waals surface area contributed by atoms with Gasteiger partial charge in [0.15, 0.2) is 23.3 Å². The highest BCUT2D eigenvalue weighted by atomic mass is 35.5. The minimum atomic E-state index is 0.0595. The lowest BCUT2D eigenvalue weighted by atomic mass is 10.2. The van der Waals surface area contributed by atoms with Crippen molar-refractivity contribution < 1.29 is 10.2 Å². The average molecular weight is 795 g/mol. The van der Waals surface area contributed by atoms with Gasteiger partial charge in [0.2, 0.25) is 11.2 Å². The van der Waals surface area contributed by atoms with Gasteiger partial charge in [0, 0.05) is 51.5 Å². The number of rotatable bonds is 9. The number of imidazole rings is 4. The van der Waals surface area contributed by atoms with Gasteiger partial charge in [-0.2, -0.15) is 9.97 Å². The van der Waals surface area contributed by atoms with Crippen molar-refractivity contribution in [2.75, 3.05) is 41.8 Å². The van der Waals surface area contributed by atoms with Crippen molar-refractivity contribution in [1.29, 1.82) is 0 Å². The number of nitrogens with zero attached hydrogens (tertiary/aromatic N) is 15. The SMILES string of the molecule is Cn1cnc(-n2cnc(Nc3nc(Cl)nn4cccc34)c2)c1.Cn1cnc(-n2cnc(Nc3nc(N4CCC[C@H]4CO)nn4cccc34)c2)c1.OC[C@@H]1CCCN1. The molecule has 0 bridgehead atoms. The van der Waals surface area contributed by atoms with Crippen LogP contribution in [0.2, 0.25) is 5.28 Å². The molecule has 10 heterocycles. The molecule has 8 aromatic rings. The summed E-state index contributed by atoms with van der Waals surface area (Å²) in [5.41, 5.74) is 1.67. The van der Waals surface area contributed by atoms with E-state index in [1.807, 2.05) is 87.6 Å². The van der Waals surface area contributed by atoms with E-state index in [9.17, 15) is 5.11 Å². The van der Waals surface area contributed by atoms with E-state index in [1.54, 1.807) is 40.5 Å². The standard InChI is InChI=1S/C18H21N9O.C13H11ClN8.C5H11NO/c1-24-9-16(20-11-24)25-8-15(19-12-25)21-17-14-5-3-7-27(14)23-18(22-17)26-6-2-4-13(26)10-28;1-20-6-11(16-7-20)21-5-10(15-8-21)17-12-9-3-2-4-22(9)19-13(14)18-12;7-4-5-2-1-3-6-5/h3,5,7-9,11-13,28H,2,4,6,10H2,1H3,(H,21,22,23);2-8H,1H3,(H,17,18,19);5-7H,1-4H2/t13-;;5-/m0.0/s1. The van der Waals surface area contributed by atoms with Crippen LogP contribution in [0.3, 0.4) is 0 Å². The Labute approximate surface area is 331 Å². The Kier molecular flexibility index (Phi) is 11.1. The molecule has 2 fully saturated rings. The van der Waals surface area contributed by atoms with Crippen LogP contribution in [0, 0.1) is 0 Å². The average Bonchev–Trinajstić information content (AvgIpc) is 4.06. The van der Waals surface area contributed by atoms with E-state index in [-0.39, 0.29) is 17.9 Å². The summed E-state index contributed by atoms with van der Waals surface area (Å²) in [4.78, 5) is 28.3. The lowest BCUT2D eigenvalue weighted by Gasteiger charge is -2.23. The summed E-state index contributed by atoms with van der Waals surface area (Å²) in [5.74, 6) is 4.76. The Bertz CT molecular complexity index is 2540. The number of halogens is 1. The summed E-state index contributed by atoms with van der Waals surface area (Å²) in [6.07, 6.45) is 22.4. The quantitative estimate of drug-likeness (QED) is 0.142. The molecule has 0 spiro atoms. The first kappa shape index (κ1) is 37.6. The Morgan fingerprint density at radius 3 is 1.88 bits per heavy atom. The maximum atomic E-state index is 9.65. The van der Waals surface area contributed by atoms with E-state index >= 15 is 0 Å². The Hall–Kier alpha value is -6.35. The van der Waals surface area contributed by atoms with Gasteiger partial charge in [-0.1, -0.05) is 0 Å². The van der Waals surface area contributed by atoms with Crippen LogP contribution in [0.15, 0.2) is 86.8 Å². The maximum Gasteiger partial charge on any atom is 0.245 e. The number of aryl methyl sites for hydroxylation is 2. The van der Waals surface area contributed by atoms with Crippen LogP contribution in [0.25, 0.3) is 22.7 Å². The number of aliphatic hydroxyl groups excluding tert-OH is 2. The van der Waals surface area contributed by atoms with Gasteiger partial charge in [-0.25, -0.2) is 29.0 Å². The van der Waals surface area contributed by atoms with Crippen LogP contribution in [-0.4, -0.2) is 116 Å².